The summed E-state index contributed by atoms with van der Waals surface area (Å²) < 4.78 is 0. The minimum Gasteiger partial charge on any atom is -0.327 e. The van der Waals surface area contributed by atoms with E-state index in [1.165, 1.54) is 38.5 Å². The van der Waals surface area contributed by atoms with Crippen molar-refractivity contribution in [3.8, 4) is 0 Å². The van der Waals surface area contributed by atoms with Crippen LogP contribution in [-0.4, -0.2) is 11.8 Å². The predicted molar refractivity (Wildman–Crippen MR) is 93.8 cm³/mol. The van der Waals surface area contributed by atoms with Gasteiger partial charge in [-0.3, -0.25) is 4.79 Å². The zero-order valence-electron chi connectivity index (χ0n) is 15.1. The van der Waals surface area contributed by atoms with Crippen molar-refractivity contribution in [1.82, 2.24) is 0 Å². The highest BCUT2D eigenvalue weighted by molar-refractivity contribution is 5.79. The van der Waals surface area contributed by atoms with Gasteiger partial charge in [0.05, 0.1) is 0 Å². The summed E-state index contributed by atoms with van der Waals surface area (Å²) in [5.74, 6) is 3.17. The van der Waals surface area contributed by atoms with Crippen LogP contribution in [0.25, 0.3) is 0 Å². The van der Waals surface area contributed by atoms with Gasteiger partial charge in [0.1, 0.15) is 5.78 Å². The zero-order valence-corrected chi connectivity index (χ0v) is 15.1. The monoisotopic (exact) mass is 315 g/mol. The number of carbonyl (C=O) groups excluding carboxylic acids is 1. The fraction of sp³-hybridized carbons (Fsp3) is 0.857. The SMILES string of the molecule is CC(=O)[C@H]1CC[C@H]2[C@@H]3CC=C4C[C@H](N)CC[C@]4(C)[C@H]3CC[C@]12C. The van der Waals surface area contributed by atoms with Crippen molar-refractivity contribution in [3.05, 3.63) is 11.6 Å². The van der Waals surface area contributed by atoms with Gasteiger partial charge in [0.2, 0.25) is 0 Å². The number of hydrogen-bond donors (Lipinski definition) is 1. The third-order valence-electron chi connectivity index (χ3n) is 8.63. The number of rotatable bonds is 1. The second-order valence-corrected chi connectivity index (χ2v) is 9.55. The smallest absolute Gasteiger partial charge is 0.133 e. The number of nitrogens with two attached hydrogens (primary N) is 1. The topological polar surface area (TPSA) is 43.1 Å². The van der Waals surface area contributed by atoms with E-state index in [1.54, 1.807) is 5.57 Å². The van der Waals surface area contributed by atoms with E-state index in [4.69, 9.17) is 5.73 Å². The van der Waals surface area contributed by atoms with Gasteiger partial charge in [-0.15, -0.1) is 0 Å². The van der Waals surface area contributed by atoms with Crippen LogP contribution in [0.4, 0.5) is 0 Å². The van der Waals surface area contributed by atoms with E-state index in [-0.39, 0.29) is 5.41 Å². The molecule has 0 aromatic rings. The standard InChI is InChI=1S/C21H33NO/c1-13(23)17-6-7-18-16-5-4-14-12-15(22)8-10-20(14,2)19(16)9-11-21(17,18)3/h4,15-19H,5-12,22H2,1-3H3/t15-,16+,17-,18+,19+,20+,21-/m1/s1. The van der Waals surface area contributed by atoms with Gasteiger partial charge in [-0.2, -0.15) is 0 Å². The molecule has 2 heteroatoms. The van der Waals surface area contributed by atoms with Crippen LogP contribution in [0, 0.1) is 34.5 Å². The van der Waals surface area contributed by atoms with Gasteiger partial charge in [-0.1, -0.05) is 25.5 Å². The summed E-state index contributed by atoms with van der Waals surface area (Å²) in [6.07, 6.45) is 12.4. The summed E-state index contributed by atoms with van der Waals surface area (Å²) in [7, 11) is 0. The van der Waals surface area contributed by atoms with E-state index in [0.29, 0.717) is 23.2 Å². The molecule has 0 amide bonds. The minimum absolute atomic E-state index is 0.278. The number of allylic oxidation sites excluding steroid dienone is 1. The van der Waals surface area contributed by atoms with E-state index in [0.717, 1.165) is 30.6 Å². The molecule has 0 unspecified atom stereocenters. The quantitative estimate of drug-likeness (QED) is 0.725. The van der Waals surface area contributed by atoms with E-state index in [9.17, 15) is 4.79 Å². The number of ketones is 1. The summed E-state index contributed by atoms with van der Waals surface area (Å²) in [4.78, 5) is 12.2. The van der Waals surface area contributed by atoms with Gasteiger partial charge in [0, 0.05) is 12.0 Å². The van der Waals surface area contributed by atoms with E-state index in [1.807, 2.05) is 6.92 Å². The second kappa shape index (κ2) is 5.18. The maximum atomic E-state index is 12.2. The molecule has 4 rings (SSSR count). The van der Waals surface area contributed by atoms with E-state index >= 15 is 0 Å². The molecule has 0 radical (unpaired) electrons. The van der Waals surface area contributed by atoms with Gasteiger partial charge in [-0.05, 0) is 86.9 Å². The molecule has 3 saturated carbocycles. The van der Waals surface area contributed by atoms with Crippen molar-refractivity contribution in [2.24, 2.45) is 40.2 Å². The van der Waals surface area contributed by atoms with Crippen LogP contribution in [0.15, 0.2) is 11.6 Å². The normalized spacial score (nSPS) is 52.2. The summed E-state index contributed by atoms with van der Waals surface area (Å²) in [5.41, 5.74) is 8.59. The molecule has 0 aromatic heterocycles. The molecule has 4 aliphatic rings. The highest BCUT2D eigenvalue weighted by Gasteiger charge is 2.59. The molecule has 128 valence electrons. The van der Waals surface area contributed by atoms with Crippen LogP contribution < -0.4 is 5.73 Å². The first kappa shape index (κ1) is 15.9. The Hall–Kier alpha value is -0.630. The van der Waals surface area contributed by atoms with Crippen LogP contribution >= 0.6 is 0 Å². The molecule has 3 fully saturated rings. The Kier molecular flexibility index (Phi) is 3.58. The van der Waals surface area contributed by atoms with Crippen LogP contribution in [0.3, 0.4) is 0 Å². The largest absolute Gasteiger partial charge is 0.327 e. The van der Waals surface area contributed by atoms with Crippen LogP contribution in [0.2, 0.25) is 0 Å². The van der Waals surface area contributed by atoms with Crippen LogP contribution in [0.1, 0.15) is 72.1 Å². The van der Waals surface area contributed by atoms with Crippen molar-refractivity contribution in [2.45, 2.75) is 78.2 Å². The van der Waals surface area contributed by atoms with Crippen molar-refractivity contribution in [3.63, 3.8) is 0 Å². The summed E-state index contributed by atoms with van der Waals surface area (Å²) >= 11 is 0. The Morgan fingerprint density at radius 2 is 1.91 bits per heavy atom. The van der Waals surface area contributed by atoms with Crippen molar-refractivity contribution in [2.75, 3.05) is 0 Å². The van der Waals surface area contributed by atoms with Crippen LogP contribution in [0.5, 0.6) is 0 Å². The maximum Gasteiger partial charge on any atom is 0.133 e. The van der Waals surface area contributed by atoms with Crippen molar-refractivity contribution in [1.29, 1.82) is 0 Å². The lowest BCUT2D eigenvalue weighted by molar-refractivity contribution is -0.127. The lowest BCUT2D eigenvalue weighted by atomic mass is 9.47. The lowest BCUT2D eigenvalue weighted by Crippen LogP contribution is -2.51. The predicted octanol–water partition coefficient (Wildman–Crippen LogP) is 4.48. The van der Waals surface area contributed by atoms with Gasteiger partial charge < -0.3 is 5.73 Å². The fourth-order valence-electron chi connectivity index (χ4n) is 7.36. The van der Waals surface area contributed by atoms with E-state index < -0.39 is 0 Å². The average molecular weight is 316 g/mol. The highest BCUT2D eigenvalue weighted by Crippen LogP contribution is 2.66. The summed E-state index contributed by atoms with van der Waals surface area (Å²) in [5, 5.41) is 0. The second-order valence-electron chi connectivity index (χ2n) is 9.55. The first-order chi connectivity index (χ1) is 10.9. The van der Waals surface area contributed by atoms with Gasteiger partial charge in [0.15, 0.2) is 0 Å². The Bertz CT molecular complexity index is 552. The third kappa shape index (κ3) is 2.13. The molecular formula is C21H33NO. The average Bonchev–Trinajstić information content (AvgIpc) is 2.85. The number of carbonyl (C=O) groups is 1. The molecule has 0 bridgehead atoms. The molecule has 0 saturated heterocycles. The van der Waals surface area contributed by atoms with Gasteiger partial charge >= 0.3 is 0 Å². The first-order valence-electron chi connectivity index (χ1n) is 9.82. The van der Waals surface area contributed by atoms with Gasteiger partial charge in [0.25, 0.3) is 0 Å². The molecule has 0 heterocycles. The molecule has 0 spiro atoms. The Morgan fingerprint density at radius 3 is 2.65 bits per heavy atom. The molecule has 2 nitrogen and oxygen atoms in total. The third-order valence-corrected chi connectivity index (χ3v) is 8.63. The molecule has 7 atom stereocenters. The number of Topliss-reactive ketones (excluding diaryl/α,β-unsaturated/α-hetero) is 1. The van der Waals surface area contributed by atoms with Crippen LogP contribution in [-0.2, 0) is 4.79 Å². The molecule has 23 heavy (non-hydrogen) atoms. The molecule has 2 N–H and O–H groups in total. The first-order valence-corrected chi connectivity index (χ1v) is 9.82. The van der Waals surface area contributed by atoms with Gasteiger partial charge in [-0.25, -0.2) is 0 Å². The molecule has 0 aromatic carbocycles. The zero-order chi connectivity index (χ0) is 16.4. The Balaban J connectivity index is 1.66. The maximum absolute atomic E-state index is 12.2. The minimum atomic E-state index is 0.278. The number of hydrogen-bond acceptors (Lipinski definition) is 2. The Labute approximate surface area is 141 Å². The summed E-state index contributed by atoms with van der Waals surface area (Å²) in [6, 6.07) is 0.383. The molecule has 0 aliphatic heterocycles. The van der Waals surface area contributed by atoms with Crippen molar-refractivity contribution < 1.29 is 4.79 Å². The van der Waals surface area contributed by atoms with Crippen molar-refractivity contribution >= 4 is 5.78 Å². The lowest BCUT2D eigenvalue weighted by Gasteiger charge is -2.58. The Morgan fingerprint density at radius 1 is 1.13 bits per heavy atom. The summed E-state index contributed by atoms with van der Waals surface area (Å²) in [6.45, 7) is 6.79. The number of fused-ring (bicyclic) bond motifs is 5. The molecular weight excluding hydrogens is 282 g/mol. The van der Waals surface area contributed by atoms with E-state index in [2.05, 4.69) is 19.9 Å². The molecule has 4 aliphatic carbocycles. The fourth-order valence-corrected chi connectivity index (χ4v) is 7.36. The highest BCUT2D eigenvalue weighted by atomic mass is 16.1.